The third-order valence-corrected chi connectivity index (χ3v) is 13.0. The number of hydrogen-bond donors (Lipinski definition) is 4. The number of esters is 2. The number of aliphatic hydroxyl groups is 3. The average Bonchev–Trinajstić information content (AvgIpc) is 3.27. The van der Waals surface area contributed by atoms with E-state index >= 15 is 0 Å². The van der Waals surface area contributed by atoms with Crippen LogP contribution in [0.2, 0.25) is 0 Å². The van der Waals surface area contributed by atoms with Crippen molar-refractivity contribution in [2.75, 3.05) is 19.0 Å². The summed E-state index contributed by atoms with van der Waals surface area (Å²) in [6, 6.07) is 0. The topological polar surface area (TPSA) is 186 Å². The van der Waals surface area contributed by atoms with Crippen molar-refractivity contribution in [2.45, 2.75) is 275 Å². The second-order valence-corrected chi connectivity index (χ2v) is 20.0. The fourth-order valence-corrected chi connectivity index (χ4v) is 8.86. The maximum atomic E-state index is 12.8. The first-order valence-corrected chi connectivity index (χ1v) is 28.0. The molecule has 13 heteroatoms. The number of hydrogen-bond acceptors (Lipinski definition) is 11. The molecule has 12 nitrogen and oxygen atoms in total. The molecular formula is C52H96O12S. The van der Waals surface area contributed by atoms with Crippen molar-refractivity contribution >= 4 is 22.1 Å². The Hall–Kier alpha value is -1.87. The minimum absolute atomic E-state index is 0.161. The average molecular weight is 945 g/mol. The number of carbonyl (C=O) groups is 2. The molecule has 0 aromatic heterocycles. The van der Waals surface area contributed by atoms with Gasteiger partial charge in [0.25, 0.3) is 10.1 Å². The lowest BCUT2D eigenvalue weighted by Gasteiger charge is -2.40. The van der Waals surface area contributed by atoms with Crippen molar-refractivity contribution in [1.82, 2.24) is 0 Å². The first kappa shape index (κ1) is 61.1. The summed E-state index contributed by atoms with van der Waals surface area (Å²) in [6.45, 7) is 3.76. The molecule has 1 heterocycles. The zero-order valence-electron chi connectivity index (χ0n) is 41.1. The molecule has 0 saturated carbocycles. The standard InChI is InChI=1S/C52H96O12S/c1-3-5-7-9-11-13-15-17-19-20-21-22-23-24-25-26-27-29-30-32-34-36-38-40-47(53)61-42-45(43-62-52-51(57)50(56)49(55)46(64-52)44-65(58,59)60)63-48(54)41-39-37-35-33-31-28-18-16-14-12-10-8-6-4-2/h26-27,32,34,45-46,49-52,55-57H,3-25,28-31,33,35-44H2,1-2H3,(H,58,59,60)/b27-26+,34-32+/t45-,46-,49-,50?,51?,52+/m1/s1. The highest BCUT2D eigenvalue weighted by molar-refractivity contribution is 7.85. The summed E-state index contributed by atoms with van der Waals surface area (Å²) in [5.41, 5.74) is 0. The number of allylic oxidation sites excluding steroid dienone is 4. The molecule has 0 radical (unpaired) electrons. The number of rotatable bonds is 45. The van der Waals surface area contributed by atoms with Crippen molar-refractivity contribution in [1.29, 1.82) is 0 Å². The van der Waals surface area contributed by atoms with Crippen molar-refractivity contribution in [3.8, 4) is 0 Å². The van der Waals surface area contributed by atoms with Gasteiger partial charge in [0.05, 0.1) is 6.61 Å². The zero-order chi connectivity index (χ0) is 47.6. The predicted molar refractivity (Wildman–Crippen MR) is 261 cm³/mol. The van der Waals surface area contributed by atoms with Gasteiger partial charge in [0.1, 0.15) is 36.8 Å². The van der Waals surface area contributed by atoms with Crippen molar-refractivity contribution in [2.24, 2.45) is 0 Å². The summed E-state index contributed by atoms with van der Waals surface area (Å²) in [5, 5.41) is 31.0. The molecule has 6 atom stereocenters. The Kier molecular flexibility index (Phi) is 39.7. The van der Waals surface area contributed by atoms with Crippen molar-refractivity contribution in [3.63, 3.8) is 0 Å². The maximum Gasteiger partial charge on any atom is 0.306 e. The first-order valence-electron chi connectivity index (χ1n) is 26.4. The SMILES string of the molecule is CCCCCCCCCCCCCCCC/C=C/CC/C=C/CCCC(=O)OC[C@H](CO[C@H]1O[C@H](CS(=O)(=O)O)[C@@H](O)C(O)C1O)OC(=O)CCCCCCCCCCCCCCCC. The van der Waals surface area contributed by atoms with E-state index in [0.717, 1.165) is 38.5 Å². The number of ether oxygens (including phenoxy) is 4. The second-order valence-electron chi connectivity index (χ2n) is 18.5. The van der Waals surface area contributed by atoms with E-state index in [1.807, 2.05) is 0 Å². The molecule has 4 N–H and O–H groups in total. The van der Waals surface area contributed by atoms with E-state index in [2.05, 4.69) is 38.2 Å². The van der Waals surface area contributed by atoms with E-state index in [-0.39, 0.29) is 19.4 Å². The molecule has 1 saturated heterocycles. The molecular weight excluding hydrogens is 849 g/mol. The quantitative estimate of drug-likeness (QED) is 0.0196. The molecule has 65 heavy (non-hydrogen) atoms. The molecule has 1 fully saturated rings. The summed E-state index contributed by atoms with van der Waals surface area (Å²) in [6.07, 6.45) is 39.5. The Morgan fingerprint density at radius 3 is 1.37 bits per heavy atom. The van der Waals surface area contributed by atoms with Gasteiger partial charge < -0.3 is 34.3 Å². The zero-order valence-corrected chi connectivity index (χ0v) is 41.9. The monoisotopic (exact) mass is 945 g/mol. The van der Waals surface area contributed by atoms with E-state index < -0.39 is 71.2 Å². The summed E-state index contributed by atoms with van der Waals surface area (Å²) < 4.78 is 54.2. The molecule has 382 valence electrons. The van der Waals surface area contributed by atoms with Crippen molar-refractivity contribution < 1.29 is 56.8 Å². The Morgan fingerprint density at radius 2 is 0.908 bits per heavy atom. The van der Waals surface area contributed by atoms with Crippen LogP contribution in [0.25, 0.3) is 0 Å². The van der Waals surface area contributed by atoms with Gasteiger partial charge in [-0.05, 0) is 44.9 Å². The third-order valence-electron chi connectivity index (χ3n) is 12.3. The van der Waals surface area contributed by atoms with Gasteiger partial charge in [-0.2, -0.15) is 8.42 Å². The van der Waals surface area contributed by atoms with Crippen LogP contribution < -0.4 is 0 Å². The molecule has 2 unspecified atom stereocenters. The first-order chi connectivity index (χ1) is 31.5. The summed E-state index contributed by atoms with van der Waals surface area (Å²) in [7, 11) is -4.61. The van der Waals surface area contributed by atoms with Gasteiger partial charge in [0.2, 0.25) is 0 Å². The highest BCUT2D eigenvalue weighted by Gasteiger charge is 2.46. The number of carbonyl (C=O) groups excluding carboxylic acids is 2. The van der Waals surface area contributed by atoms with Gasteiger partial charge in [0.15, 0.2) is 12.4 Å². The molecule has 0 bridgehead atoms. The molecule has 1 aliphatic heterocycles. The number of aliphatic hydroxyl groups excluding tert-OH is 3. The van der Waals surface area contributed by atoms with Gasteiger partial charge in [-0.15, -0.1) is 0 Å². The van der Waals surface area contributed by atoms with E-state index in [0.29, 0.717) is 19.3 Å². The van der Waals surface area contributed by atoms with Gasteiger partial charge in [-0.3, -0.25) is 14.1 Å². The van der Waals surface area contributed by atoms with E-state index in [1.54, 1.807) is 0 Å². The van der Waals surface area contributed by atoms with E-state index in [1.165, 1.54) is 154 Å². The summed E-state index contributed by atoms with van der Waals surface area (Å²) in [5.74, 6) is -2.02. The van der Waals surface area contributed by atoms with Gasteiger partial charge in [-0.1, -0.05) is 205 Å². The molecule has 0 spiro atoms. The molecule has 0 aromatic rings. The predicted octanol–water partition coefficient (Wildman–Crippen LogP) is 12.0. The highest BCUT2D eigenvalue weighted by Crippen LogP contribution is 2.24. The fraction of sp³-hybridized carbons (Fsp3) is 0.885. The summed E-state index contributed by atoms with van der Waals surface area (Å²) >= 11 is 0. The minimum atomic E-state index is -4.61. The van der Waals surface area contributed by atoms with Crippen LogP contribution >= 0.6 is 0 Å². The van der Waals surface area contributed by atoms with Crippen LogP contribution in [0.4, 0.5) is 0 Å². The Labute approximate surface area is 396 Å². The largest absolute Gasteiger partial charge is 0.462 e. The highest BCUT2D eigenvalue weighted by atomic mass is 32.2. The molecule has 0 aromatic carbocycles. The number of unbranched alkanes of at least 4 members (excludes halogenated alkanes) is 29. The Morgan fingerprint density at radius 1 is 0.508 bits per heavy atom. The molecule has 0 amide bonds. The molecule has 1 rings (SSSR count). The normalized spacial score (nSPS) is 19.6. The van der Waals surface area contributed by atoms with Gasteiger partial charge in [0, 0.05) is 12.8 Å². The lowest BCUT2D eigenvalue weighted by atomic mass is 10.00. The van der Waals surface area contributed by atoms with E-state index in [9.17, 15) is 37.9 Å². The fourth-order valence-electron chi connectivity index (χ4n) is 8.17. The van der Waals surface area contributed by atoms with Crippen molar-refractivity contribution in [3.05, 3.63) is 24.3 Å². The maximum absolute atomic E-state index is 12.8. The Balaban J connectivity index is 2.35. The van der Waals surface area contributed by atoms with Crippen LogP contribution in [0.15, 0.2) is 24.3 Å². The lowest BCUT2D eigenvalue weighted by Crippen LogP contribution is -2.60. The van der Waals surface area contributed by atoms with E-state index in [4.69, 9.17) is 18.9 Å². The van der Waals surface area contributed by atoms with Gasteiger partial charge in [-0.25, -0.2) is 0 Å². The molecule has 0 aliphatic carbocycles. The van der Waals surface area contributed by atoms with Crippen LogP contribution in [-0.4, -0.2) is 96.0 Å². The Bertz CT molecular complexity index is 1290. The molecule has 1 aliphatic rings. The smallest absolute Gasteiger partial charge is 0.306 e. The van der Waals surface area contributed by atoms with Crippen LogP contribution in [0.5, 0.6) is 0 Å². The second kappa shape index (κ2) is 42.2. The summed E-state index contributed by atoms with van der Waals surface area (Å²) in [4.78, 5) is 25.5. The van der Waals surface area contributed by atoms with Crippen LogP contribution in [0, 0.1) is 0 Å². The van der Waals surface area contributed by atoms with Gasteiger partial charge >= 0.3 is 11.9 Å². The minimum Gasteiger partial charge on any atom is -0.462 e. The lowest BCUT2D eigenvalue weighted by molar-refractivity contribution is -0.297. The van der Waals surface area contributed by atoms with Crippen LogP contribution in [-0.2, 0) is 38.7 Å². The van der Waals surface area contributed by atoms with Crippen LogP contribution in [0.3, 0.4) is 0 Å². The third kappa shape index (κ3) is 36.8. The van der Waals surface area contributed by atoms with Crippen LogP contribution in [0.1, 0.15) is 239 Å².